The molecule has 104 valence electrons. The van der Waals surface area contributed by atoms with Crippen LogP contribution < -0.4 is 0 Å². The zero-order chi connectivity index (χ0) is 12.4. The minimum absolute atomic E-state index is 0.429. The van der Waals surface area contributed by atoms with Gasteiger partial charge in [0.05, 0.1) is 13.2 Å². The maximum atomic E-state index is 5.93. The Morgan fingerprint density at radius 3 is 2.74 bits per heavy atom. The van der Waals surface area contributed by atoms with E-state index in [9.17, 15) is 0 Å². The molecular weight excluding hydrogens is 236 g/mol. The Kier molecular flexibility index (Phi) is 2.30. The number of ether oxygens (including phenoxy) is 2. The summed E-state index contributed by atoms with van der Waals surface area (Å²) >= 11 is 0. The van der Waals surface area contributed by atoms with Gasteiger partial charge in [0.2, 0.25) is 0 Å². The first-order valence-electron chi connectivity index (χ1n) is 8.21. The Bertz CT molecular complexity index is 413. The Hall–Kier alpha value is -0.340. The summed E-state index contributed by atoms with van der Waals surface area (Å²) in [6.07, 6.45) is 12.9. The van der Waals surface area contributed by atoms with E-state index in [1.54, 1.807) is 0 Å². The van der Waals surface area contributed by atoms with Gasteiger partial charge in [-0.25, -0.2) is 0 Å². The van der Waals surface area contributed by atoms with Crippen molar-refractivity contribution in [2.24, 2.45) is 35.0 Å². The predicted octanol–water partition coefficient (Wildman–Crippen LogP) is 3.03. The number of rotatable bonds is 4. The van der Waals surface area contributed by atoms with Crippen molar-refractivity contribution in [3.05, 3.63) is 12.2 Å². The zero-order valence-corrected chi connectivity index (χ0v) is 11.6. The van der Waals surface area contributed by atoms with Crippen molar-refractivity contribution in [1.82, 2.24) is 0 Å². The molecular formula is C17H24O2. The summed E-state index contributed by atoms with van der Waals surface area (Å²) in [6, 6.07) is 0. The highest BCUT2D eigenvalue weighted by atomic mass is 16.6. The summed E-state index contributed by atoms with van der Waals surface area (Å²) in [6.45, 7) is 2.77. The second-order valence-electron chi connectivity index (χ2n) is 7.83. The van der Waals surface area contributed by atoms with Crippen molar-refractivity contribution in [3.63, 3.8) is 0 Å². The fraction of sp³-hybridized carbons (Fsp3) is 0.882. The van der Waals surface area contributed by atoms with Crippen LogP contribution in [0, 0.1) is 35.0 Å². The van der Waals surface area contributed by atoms with Gasteiger partial charge in [0.25, 0.3) is 0 Å². The van der Waals surface area contributed by atoms with Crippen molar-refractivity contribution in [3.8, 4) is 0 Å². The molecule has 0 aromatic heterocycles. The second-order valence-corrected chi connectivity index (χ2v) is 7.83. The van der Waals surface area contributed by atoms with E-state index in [0.717, 1.165) is 49.4 Å². The van der Waals surface area contributed by atoms with Crippen LogP contribution in [0.4, 0.5) is 0 Å². The number of epoxide rings is 1. The molecule has 4 fully saturated rings. The van der Waals surface area contributed by atoms with E-state index in [1.807, 2.05) is 0 Å². The van der Waals surface area contributed by atoms with Gasteiger partial charge in [-0.1, -0.05) is 12.2 Å². The van der Waals surface area contributed by atoms with E-state index in [1.165, 1.54) is 32.1 Å². The molecule has 2 heteroatoms. The molecule has 0 aromatic carbocycles. The summed E-state index contributed by atoms with van der Waals surface area (Å²) in [7, 11) is 0. The third-order valence-corrected chi connectivity index (χ3v) is 6.79. The lowest BCUT2D eigenvalue weighted by molar-refractivity contribution is 0.0124. The Morgan fingerprint density at radius 2 is 2.05 bits per heavy atom. The van der Waals surface area contributed by atoms with Crippen LogP contribution in [0.2, 0.25) is 0 Å². The summed E-state index contributed by atoms with van der Waals surface area (Å²) in [4.78, 5) is 0. The van der Waals surface area contributed by atoms with Gasteiger partial charge in [-0.2, -0.15) is 0 Å². The van der Waals surface area contributed by atoms with Gasteiger partial charge in [0.15, 0.2) is 0 Å². The van der Waals surface area contributed by atoms with Crippen molar-refractivity contribution in [1.29, 1.82) is 0 Å². The van der Waals surface area contributed by atoms with Gasteiger partial charge < -0.3 is 9.47 Å². The lowest BCUT2D eigenvalue weighted by Crippen LogP contribution is -2.38. The molecule has 4 aliphatic carbocycles. The van der Waals surface area contributed by atoms with Crippen LogP contribution in [-0.2, 0) is 9.47 Å². The highest BCUT2D eigenvalue weighted by Crippen LogP contribution is 2.69. The second kappa shape index (κ2) is 3.85. The lowest BCUT2D eigenvalue weighted by Gasteiger charge is -2.43. The number of hydrogen-bond acceptors (Lipinski definition) is 2. The molecule has 19 heavy (non-hydrogen) atoms. The zero-order valence-electron chi connectivity index (χ0n) is 11.6. The molecule has 7 unspecified atom stereocenters. The van der Waals surface area contributed by atoms with Crippen LogP contribution in [0.5, 0.6) is 0 Å². The van der Waals surface area contributed by atoms with Crippen LogP contribution >= 0.6 is 0 Å². The topological polar surface area (TPSA) is 21.8 Å². The van der Waals surface area contributed by atoms with Crippen molar-refractivity contribution >= 4 is 0 Å². The molecule has 0 N–H and O–H groups in total. The minimum atomic E-state index is 0.429. The van der Waals surface area contributed by atoms with Crippen LogP contribution in [0.3, 0.4) is 0 Å². The largest absolute Gasteiger partial charge is 0.378 e. The van der Waals surface area contributed by atoms with Crippen molar-refractivity contribution < 1.29 is 9.47 Å². The normalized spacial score (nSPS) is 56.6. The van der Waals surface area contributed by atoms with Gasteiger partial charge >= 0.3 is 0 Å². The Labute approximate surface area is 115 Å². The first-order valence-corrected chi connectivity index (χ1v) is 8.21. The first-order chi connectivity index (χ1) is 9.33. The highest BCUT2D eigenvalue weighted by Gasteiger charge is 2.61. The van der Waals surface area contributed by atoms with E-state index in [4.69, 9.17) is 9.47 Å². The van der Waals surface area contributed by atoms with Crippen molar-refractivity contribution in [2.45, 2.75) is 38.2 Å². The molecule has 3 saturated carbocycles. The molecule has 0 radical (unpaired) electrons. The van der Waals surface area contributed by atoms with Crippen molar-refractivity contribution in [2.75, 3.05) is 19.8 Å². The summed E-state index contributed by atoms with van der Waals surface area (Å²) < 4.78 is 11.2. The van der Waals surface area contributed by atoms with E-state index in [-0.39, 0.29) is 0 Å². The Morgan fingerprint density at radius 1 is 1.11 bits per heavy atom. The Balaban J connectivity index is 1.30. The van der Waals surface area contributed by atoms with Gasteiger partial charge in [-0.3, -0.25) is 0 Å². The van der Waals surface area contributed by atoms with E-state index >= 15 is 0 Å². The number of fused-ring (bicyclic) bond motifs is 6. The smallest absolute Gasteiger partial charge is 0.104 e. The molecule has 2 nitrogen and oxygen atoms in total. The maximum Gasteiger partial charge on any atom is 0.104 e. The third kappa shape index (κ3) is 1.62. The first kappa shape index (κ1) is 11.3. The monoisotopic (exact) mass is 260 g/mol. The lowest BCUT2D eigenvalue weighted by atomic mass is 9.62. The third-order valence-electron chi connectivity index (χ3n) is 6.79. The van der Waals surface area contributed by atoms with Gasteiger partial charge in [-0.05, 0) is 67.1 Å². The fourth-order valence-electron chi connectivity index (χ4n) is 6.15. The molecule has 1 heterocycles. The molecule has 4 bridgehead atoms. The molecule has 1 aliphatic heterocycles. The molecule has 7 atom stereocenters. The van der Waals surface area contributed by atoms with Gasteiger partial charge in [-0.15, -0.1) is 0 Å². The predicted molar refractivity (Wildman–Crippen MR) is 72.7 cm³/mol. The van der Waals surface area contributed by atoms with Crippen LogP contribution in [0.25, 0.3) is 0 Å². The van der Waals surface area contributed by atoms with E-state index in [0.29, 0.717) is 11.5 Å². The minimum Gasteiger partial charge on any atom is -0.378 e. The quantitative estimate of drug-likeness (QED) is 0.572. The maximum absolute atomic E-state index is 5.93. The average Bonchev–Trinajstić information content (AvgIpc) is 2.79. The van der Waals surface area contributed by atoms with E-state index in [2.05, 4.69) is 12.2 Å². The van der Waals surface area contributed by atoms with Gasteiger partial charge in [0, 0.05) is 6.61 Å². The van der Waals surface area contributed by atoms with Gasteiger partial charge in [0.1, 0.15) is 6.10 Å². The standard InChI is InChI=1S/C17H24O2/c1-2-14-4-11(1)6-17(14)7-12-3-13(16(17)5-12)8-18-9-15-10-19-15/h1-2,11-16H,3-10H2. The molecule has 5 rings (SSSR count). The molecule has 5 aliphatic rings. The van der Waals surface area contributed by atoms with E-state index < -0.39 is 0 Å². The molecule has 0 amide bonds. The fourth-order valence-corrected chi connectivity index (χ4v) is 6.15. The summed E-state index contributed by atoms with van der Waals surface area (Å²) in [5.41, 5.74) is 0.701. The van der Waals surface area contributed by atoms with Crippen LogP contribution in [-0.4, -0.2) is 25.9 Å². The number of hydrogen-bond donors (Lipinski definition) is 0. The van der Waals surface area contributed by atoms with Crippen LogP contribution in [0.1, 0.15) is 32.1 Å². The summed E-state index contributed by atoms with van der Waals surface area (Å²) in [5.74, 6) is 4.68. The molecule has 1 saturated heterocycles. The highest BCUT2D eigenvalue weighted by molar-refractivity contribution is 5.21. The average molecular weight is 260 g/mol. The molecule has 0 aromatic rings. The van der Waals surface area contributed by atoms with Crippen LogP contribution in [0.15, 0.2) is 12.2 Å². The SMILES string of the molecule is C1=CC2CC1CC21CC2CC(COCC3CO3)C1C2. The molecule has 1 spiro atoms. The number of allylic oxidation sites excluding steroid dienone is 2. The summed E-state index contributed by atoms with van der Waals surface area (Å²) in [5, 5.41) is 0.